The number of amides is 1. The summed E-state index contributed by atoms with van der Waals surface area (Å²) < 4.78 is 27.3. The van der Waals surface area contributed by atoms with Gasteiger partial charge in [0.1, 0.15) is 12.1 Å². The van der Waals surface area contributed by atoms with Crippen molar-refractivity contribution in [2.75, 3.05) is 18.8 Å². The quantitative estimate of drug-likeness (QED) is 0.249. The van der Waals surface area contributed by atoms with Crippen LogP contribution in [0.15, 0.2) is 4.99 Å². The molecular formula is C14H28N4O6S. The van der Waals surface area contributed by atoms with Crippen molar-refractivity contribution in [1.29, 1.82) is 0 Å². The maximum Gasteiger partial charge on any atom is 0.320 e. The van der Waals surface area contributed by atoms with Gasteiger partial charge >= 0.3 is 5.97 Å². The van der Waals surface area contributed by atoms with Crippen LogP contribution in [0.4, 0.5) is 0 Å². The normalized spacial score (nSPS) is 20.5. The van der Waals surface area contributed by atoms with E-state index in [0.717, 1.165) is 12.8 Å². The van der Waals surface area contributed by atoms with Gasteiger partial charge in [-0.1, -0.05) is 6.92 Å². The summed E-state index contributed by atoms with van der Waals surface area (Å²) in [5, 5.41) is 11.4. The zero-order valence-corrected chi connectivity index (χ0v) is 15.1. The SMILES string of the molecule is C[C@@H]1CC=N[C@H]1C(=O)NCCCC[C@H](N)C(=O)O.NCCS(=O)(=O)O. The fourth-order valence-corrected chi connectivity index (χ4v) is 2.32. The predicted octanol–water partition coefficient (Wildman–Crippen LogP) is -1.00. The van der Waals surface area contributed by atoms with Crippen molar-refractivity contribution in [2.45, 2.75) is 44.7 Å². The lowest BCUT2D eigenvalue weighted by molar-refractivity contribution is -0.138. The fourth-order valence-electron chi connectivity index (χ4n) is 2.02. The molecule has 0 spiro atoms. The molecule has 11 heteroatoms. The van der Waals surface area contributed by atoms with Gasteiger partial charge in [-0.2, -0.15) is 8.42 Å². The van der Waals surface area contributed by atoms with E-state index in [9.17, 15) is 18.0 Å². The molecular weight excluding hydrogens is 352 g/mol. The van der Waals surface area contributed by atoms with E-state index in [-0.39, 0.29) is 30.2 Å². The first-order valence-corrected chi connectivity index (χ1v) is 9.62. The Bertz CT molecular complexity index is 552. The molecule has 0 aromatic rings. The van der Waals surface area contributed by atoms with E-state index in [4.69, 9.17) is 21.1 Å². The van der Waals surface area contributed by atoms with Crippen LogP contribution in [-0.2, 0) is 19.7 Å². The molecule has 0 bridgehead atoms. The molecule has 0 aromatic carbocycles. The third kappa shape index (κ3) is 11.6. The second kappa shape index (κ2) is 11.9. The van der Waals surface area contributed by atoms with Gasteiger partial charge < -0.3 is 21.9 Å². The Kier molecular flexibility index (Phi) is 11.2. The lowest BCUT2D eigenvalue weighted by Crippen LogP contribution is -2.36. The maximum atomic E-state index is 11.7. The van der Waals surface area contributed by atoms with Gasteiger partial charge in [0.25, 0.3) is 10.1 Å². The van der Waals surface area contributed by atoms with Crippen LogP contribution in [0.5, 0.6) is 0 Å². The van der Waals surface area contributed by atoms with Crippen molar-refractivity contribution < 1.29 is 27.7 Å². The first kappa shape index (κ1) is 23.4. The molecule has 0 saturated heterocycles. The average molecular weight is 380 g/mol. The number of carboxylic acid groups (broad SMARTS) is 1. The molecule has 0 aliphatic carbocycles. The van der Waals surface area contributed by atoms with E-state index in [1.807, 2.05) is 6.92 Å². The molecule has 146 valence electrons. The molecule has 1 aliphatic rings. The second-order valence-electron chi connectivity index (χ2n) is 5.80. The van der Waals surface area contributed by atoms with Crippen molar-refractivity contribution in [1.82, 2.24) is 5.32 Å². The van der Waals surface area contributed by atoms with Crippen molar-refractivity contribution in [3.05, 3.63) is 0 Å². The summed E-state index contributed by atoms with van der Waals surface area (Å²) in [6, 6.07) is -1.06. The van der Waals surface area contributed by atoms with E-state index >= 15 is 0 Å². The van der Waals surface area contributed by atoms with Crippen molar-refractivity contribution >= 4 is 28.2 Å². The Balaban J connectivity index is 0.000000697. The van der Waals surface area contributed by atoms with E-state index in [2.05, 4.69) is 10.3 Å². The van der Waals surface area contributed by atoms with Crippen LogP contribution < -0.4 is 16.8 Å². The number of hydrogen-bond acceptors (Lipinski definition) is 7. The Morgan fingerprint density at radius 2 is 2.04 bits per heavy atom. The summed E-state index contributed by atoms with van der Waals surface area (Å²) in [6.07, 6.45) is 4.50. The van der Waals surface area contributed by atoms with Crippen molar-refractivity contribution in [3.63, 3.8) is 0 Å². The molecule has 25 heavy (non-hydrogen) atoms. The third-order valence-electron chi connectivity index (χ3n) is 3.48. The van der Waals surface area contributed by atoms with Crippen LogP contribution in [0.2, 0.25) is 0 Å². The zero-order valence-electron chi connectivity index (χ0n) is 14.3. The molecule has 7 N–H and O–H groups in total. The maximum absolute atomic E-state index is 11.7. The molecule has 1 amide bonds. The fraction of sp³-hybridized carbons (Fsp3) is 0.786. The Morgan fingerprint density at radius 1 is 1.40 bits per heavy atom. The number of carboxylic acids is 1. The number of unbranched alkanes of at least 4 members (excludes halogenated alkanes) is 1. The van der Waals surface area contributed by atoms with Crippen LogP contribution in [-0.4, -0.2) is 67.1 Å². The molecule has 0 aromatic heterocycles. The van der Waals surface area contributed by atoms with Gasteiger partial charge in [-0.25, -0.2) is 0 Å². The molecule has 10 nitrogen and oxygen atoms in total. The highest BCUT2D eigenvalue weighted by Crippen LogP contribution is 2.16. The van der Waals surface area contributed by atoms with Crippen LogP contribution in [0.1, 0.15) is 32.6 Å². The highest BCUT2D eigenvalue weighted by atomic mass is 32.2. The Hall–Kier alpha value is -1.56. The molecule has 1 aliphatic heterocycles. The summed E-state index contributed by atoms with van der Waals surface area (Å²) in [4.78, 5) is 26.3. The number of rotatable bonds is 9. The average Bonchev–Trinajstić information content (AvgIpc) is 2.92. The molecule has 1 rings (SSSR count). The smallest absolute Gasteiger partial charge is 0.320 e. The van der Waals surface area contributed by atoms with Gasteiger partial charge in [-0.3, -0.25) is 19.1 Å². The van der Waals surface area contributed by atoms with Crippen molar-refractivity contribution in [2.24, 2.45) is 22.4 Å². The number of carbonyl (C=O) groups is 2. The first-order valence-electron chi connectivity index (χ1n) is 8.01. The summed E-state index contributed by atoms with van der Waals surface area (Å²) >= 11 is 0. The Morgan fingerprint density at radius 3 is 2.44 bits per heavy atom. The summed E-state index contributed by atoms with van der Waals surface area (Å²) in [5.74, 6) is -1.11. The highest BCUT2D eigenvalue weighted by molar-refractivity contribution is 7.85. The highest BCUT2D eigenvalue weighted by Gasteiger charge is 2.26. The summed E-state index contributed by atoms with van der Waals surface area (Å²) in [5.41, 5.74) is 10.1. The molecule has 1 heterocycles. The van der Waals surface area contributed by atoms with Crippen LogP contribution in [0, 0.1) is 5.92 Å². The number of carbonyl (C=O) groups excluding carboxylic acids is 1. The predicted molar refractivity (Wildman–Crippen MR) is 94.0 cm³/mol. The van der Waals surface area contributed by atoms with Gasteiger partial charge in [0, 0.05) is 19.3 Å². The monoisotopic (exact) mass is 380 g/mol. The number of nitrogens with zero attached hydrogens (tertiary/aromatic N) is 1. The van der Waals surface area contributed by atoms with Gasteiger partial charge in [0.05, 0.1) is 5.75 Å². The van der Waals surface area contributed by atoms with Gasteiger partial charge in [0.2, 0.25) is 5.91 Å². The van der Waals surface area contributed by atoms with Gasteiger partial charge in [-0.05, 0) is 31.6 Å². The topological polar surface area (TPSA) is 185 Å². The van der Waals surface area contributed by atoms with Crippen LogP contribution >= 0.6 is 0 Å². The largest absolute Gasteiger partial charge is 0.480 e. The van der Waals surface area contributed by atoms with E-state index < -0.39 is 22.1 Å². The number of nitrogens with one attached hydrogen (secondary N) is 1. The molecule has 0 radical (unpaired) electrons. The molecule has 0 unspecified atom stereocenters. The van der Waals surface area contributed by atoms with E-state index in [0.29, 0.717) is 19.4 Å². The minimum Gasteiger partial charge on any atom is -0.480 e. The van der Waals surface area contributed by atoms with Crippen molar-refractivity contribution in [3.8, 4) is 0 Å². The standard InChI is InChI=1S/C12H21N3O3.C2H7NO3S/c1-8-5-7-14-10(8)11(16)15-6-3-2-4-9(13)12(17)18;3-1-2-7(4,5)6/h7-10H,2-6,13H2,1H3,(H,15,16)(H,17,18);1-3H2,(H,4,5,6)/t8-,9+,10-;/m1./s1. The van der Waals surface area contributed by atoms with Gasteiger partial charge in [-0.15, -0.1) is 0 Å². The number of nitrogens with two attached hydrogens (primary N) is 2. The molecule has 0 fully saturated rings. The second-order valence-corrected chi connectivity index (χ2v) is 7.37. The number of aliphatic imine (C=N–C) groups is 1. The lowest BCUT2D eigenvalue weighted by atomic mass is 10.0. The zero-order chi connectivity index (χ0) is 19.5. The third-order valence-corrected chi connectivity index (χ3v) is 4.24. The summed E-state index contributed by atoms with van der Waals surface area (Å²) in [7, 11) is -3.80. The lowest BCUT2D eigenvalue weighted by Gasteiger charge is -2.13. The Labute approximate surface area is 147 Å². The minimum atomic E-state index is -3.80. The van der Waals surface area contributed by atoms with Gasteiger partial charge in [0.15, 0.2) is 0 Å². The van der Waals surface area contributed by atoms with Crippen LogP contribution in [0.3, 0.4) is 0 Å². The number of aliphatic carboxylic acids is 1. The van der Waals surface area contributed by atoms with Crippen LogP contribution in [0.25, 0.3) is 0 Å². The summed E-state index contributed by atoms with van der Waals surface area (Å²) in [6.45, 7) is 2.52. The van der Waals surface area contributed by atoms with E-state index in [1.165, 1.54) is 0 Å². The molecule has 3 atom stereocenters. The van der Waals surface area contributed by atoms with E-state index in [1.54, 1.807) is 6.21 Å². The minimum absolute atomic E-state index is 0.0289. The first-order chi connectivity index (χ1) is 11.6. The molecule has 0 saturated carbocycles. The number of hydrogen-bond donors (Lipinski definition) is 5.